The van der Waals surface area contributed by atoms with Crippen LogP contribution in [0.2, 0.25) is 5.02 Å². The molecule has 2 nitrogen and oxygen atoms in total. The monoisotopic (exact) mass is 293 g/mol. The van der Waals surface area contributed by atoms with Crippen LogP contribution in [-0.4, -0.2) is 17.3 Å². The molecule has 0 aliphatic rings. The highest BCUT2D eigenvalue weighted by Crippen LogP contribution is 2.22. The number of hydrogen-bond acceptors (Lipinski definition) is 2. The molecule has 0 radical (unpaired) electrons. The summed E-state index contributed by atoms with van der Waals surface area (Å²) in [5.74, 6) is -0.259. The molecule has 0 bridgehead atoms. The van der Waals surface area contributed by atoms with Gasteiger partial charge in [-0.05, 0) is 42.8 Å². The van der Waals surface area contributed by atoms with Gasteiger partial charge < -0.3 is 10.4 Å². The van der Waals surface area contributed by atoms with Crippen molar-refractivity contribution in [3.05, 3.63) is 64.9 Å². The Balaban J connectivity index is 2.17. The second-order valence-electron chi connectivity index (χ2n) is 5.12. The van der Waals surface area contributed by atoms with Crippen molar-refractivity contribution in [2.75, 3.05) is 11.9 Å². The van der Waals surface area contributed by atoms with E-state index in [1.807, 2.05) is 19.1 Å². The Hall–Kier alpha value is -1.58. The quantitative estimate of drug-likeness (QED) is 0.877. The van der Waals surface area contributed by atoms with Crippen molar-refractivity contribution >= 4 is 17.3 Å². The molecule has 0 aromatic heterocycles. The van der Waals surface area contributed by atoms with Gasteiger partial charge in [-0.3, -0.25) is 0 Å². The number of nitrogens with one attached hydrogen (secondary N) is 1. The van der Waals surface area contributed by atoms with Crippen LogP contribution in [0.15, 0.2) is 48.5 Å². The second-order valence-corrected chi connectivity index (χ2v) is 5.56. The molecule has 1 unspecified atom stereocenters. The van der Waals surface area contributed by atoms with Crippen LogP contribution in [0.5, 0.6) is 0 Å². The predicted octanol–water partition coefficient (Wildman–Crippen LogP) is 3.88. The fourth-order valence-electron chi connectivity index (χ4n) is 2.08. The Bertz CT molecular complexity index is 573. The van der Waals surface area contributed by atoms with Crippen molar-refractivity contribution in [3.63, 3.8) is 0 Å². The van der Waals surface area contributed by atoms with Gasteiger partial charge in [0.2, 0.25) is 0 Å². The van der Waals surface area contributed by atoms with Crippen LogP contribution in [0.25, 0.3) is 0 Å². The van der Waals surface area contributed by atoms with Gasteiger partial charge in [0.15, 0.2) is 0 Å². The highest BCUT2D eigenvalue weighted by molar-refractivity contribution is 6.30. The van der Waals surface area contributed by atoms with Gasteiger partial charge >= 0.3 is 0 Å². The summed E-state index contributed by atoms with van der Waals surface area (Å²) in [5.41, 5.74) is 0.767. The van der Waals surface area contributed by atoms with E-state index in [0.29, 0.717) is 17.0 Å². The lowest BCUT2D eigenvalue weighted by molar-refractivity contribution is 0.221. The van der Waals surface area contributed by atoms with Gasteiger partial charge in [-0.2, -0.15) is 0 Å². The van der Waals surface area contributed by atoms with E-state index in [9.17, 15) is 9.50 Å². The first kappa shape index (κ1) is 14.8. The smallest absolute Gasteiger partial charge is 0.126 e. The lowest BCUT2D eigenvalue weighted by Gasteiger charge is -2.30. The molecule has 0 aliphatic heterocycles. The van der Waals surface area contributed by atoms with Crippen molar-refractivity contribution in [1.82, 2.24) is 0 Å². The molecule has 0 saturated carbocycles. The van der Waals surface area contributed by atoms with Crippen LogP contribution in [0.3, 0.4) is 0 Å². The zero-order valence-electron chi connectivity index (χ0n) is 11.2. The number of benzene rings is 2. The highest BCUT2D eigenvalue weighted by Gasteiger charge is 2.24. The summed E-state index contributed by atoms with van der Waals surface area (Å²) in [5, 5.41) is 13.5. The van der Waals surface area contributed by atoms with Gasteiger partial charge in [0.05, 0.1) is 12.1 Å². The maximum absolute atomic E-state index is 13.7. The van der Waals surface area contributed by atoms with Gasteiger partial charge in [0, 0.05) is 17.1 Å². The number of hydrogen-bond donors (Lipinski definition) is 2. The molecule has 106 valence electrons. The standard InChI is InChI=1S/C16H17ClFNO/c1-16(11-20,10-12-4-2-3-5-15(12)18)19-14-8-6-13(17)7-9-14/h2-9,19-20H,10-11H2,1H3. The molecule has 2 rings (SSSR count). The fourth-order valence-corrected chi connectivity index (χ4v) is 2.21. The third-order valence-corrected chi connectivity index (χ3v) is 3.43. The summed E-state index contributed by atoms with van der Waals surface area (Å²) in [4.78, 5) is 0. The molecule has 4 heteroatoms. The van der Waals surface area contributed by atoms with Gasteiger partial charge in [-0.1, -0.05) is 29.8 Å². The molecule has 2 aromatic rings. The number of anilines is 1. The van der Waals surface area contributed by atoms with Gasteiger partial charge in [-0.25, -0.2) is 4.39 Å². The average Bonchev–Trinajstić information content (AvgIpc) is 2.44. The minimum atomic E-state index is -0.643. The Morgan fingerprint density at radius 2 is 1.80 bits per heavy atom. The van der Waals surface area contributed by atoms with E-state index in [1.54, 1.807) is 30.3 Å². The number of aliphatic hydroxyl groups excluding tert-OH is 1. The minimum Gasteiger partial charge on any atom is -0.394 e. The Morgan fingerprint density at radius 1 is 1.15 bits per heavy atom. The topological polar surface area (TPSA) is 32.3 Å². The van der Waals surface area contributed by atoms with E-state index in [-0.39, 0.29) is 12.4 Å². The molecular weight excluding hydrogens is 277 g/mol. The van der Waals surface area contributed by atoms with E-state index in [2.05, 4.69) is 5.32 Å². The number of aliphatic hydroxyl groups is 1. The Morgan fingerprint density at radius 3 is 2.40 bits per heavy atom. The van der Waals surface area contributed by atoms with Crippen LogP contribution >= 0.6 is 11.6 Å². The van der Waals surface area contributed by atoms with E-state index in [0.717, 1.165) is 5.69 Å². The molecule has 0 amide bonds. The predicted molar refractivity (Wildman–Crippen MR) is 80.7 cm³/mol. The van der Waals surface area contributed by atoms with Crippen LogP contribution < -0.4 is 5.32 Å². The van der Waals surface area contributed by atoms with Crippen molar-refractivity contribution < 1.29 is 9.50 Å². The first-order valence-electron chi connectivity index (χ1n) is 6.40. The summed E-state index contributed by atoms with van der Waals surface area (Å²) in [6.45, 7) is 1.75. The SMILES string of the molecule is CC(CO)(Cc1ccccc1F)Nc1ccc(Cl)cc1. The summed E-state index contributed by atoms with van der Waals surface area (Å²) < 4.78 is 13.7. The van der Waals surface area contributed by atoms with Crippen LogP contribution in [-0.2, 0) is 6.42 Å². The van der Waals surface area contributed by atoms with E-state index < -0.39 is 5.54 Å². The minimum absolute atomic E-state index is 0.107. The number of halogens is 2. The lowest BCUT2D eigenvalue weighted by Crippen LogP contribution is -2.41. The molecule has 0 heterocycles. The van der Waals surface area contributed by atoms with Gasteiger partial charge in [-0.15, -0.1) is 0 Å². The highest BCUT2D eigenvalue weighted by atomic mass is 35.5. The molecule has 2 N–H and O–H groups in total. The zero-order chi connectivity index (χ0) is 14.6. The summed E-state index contributed by atoms with van der Waals surface area (Å²) in [7, 11) is 0. The van der Waals surface area contributed by atoms with Gasteiger partial charge in [0.25, 0.3) is 0 Å². The van der Waals surface area contributed by atoms with Crippen molar-refractivity contribution in [3.8, 4) is 0 Å². The Labute approximate surface area is 123 Å². The summed E-state index contributed by atoms with van der Waals surface area (Å²) >= 11 is 5.84. The maximum Gasteiger partial charge on any atom is 0.126 e. The van der Waals surface area contributed by atoms with Crippen molar-refractivity contribution in [1.29, 1.82) is 0 Å². The molecule has 2 aromatic carbocycles. The van der Waals surface area contributed by atoms with Crippen molar-refractivity contribution in [2.45, 2.75) is 18.9 Å². The van der Waals surface area contributed by atoms with E-state index in [4.69, 9.17) is 11.6 Å². The molecule has 20 heavy (non-hydrogen) atoms. The number of rotatable bonds is 5. The first-order chi connectivity index (χ1) is 9.52. The van der Waals surface area contributed by atoms with Crippen LogP contribution in [0.4, 0.5) is 10.1 Å². The molecule has 1 atom stereocenters. The normalized spacial score (nSPS) is 13.8. The third kappa shape index (κ3) is 3.71. The molecule has 0 aliphatic carbocycles. The van der Waals surface area contributed by atoms with Crippen molar-refractivity contribution in [2.24, 2.45) is 0 Å². The average molecular weight is 294 g/mol. The van der Waals surface area contributed by atoms with Crippen LogP contribution in [0, 0.1) is 5.82 Å². The molecular formula is C16H17ClFNO. The first-order valence-corrected chi connectivity index (χ1v) is 6.78. The Kier molecular flexibility index (Phi) is 4.63. The lowest BCUT2D eigenvalue weighted by atomic mass is 9.93. The maximum atomic E-state index is 13.7. The molecule has 0 saturated heterocycles. The second kappa shape index (κ2) is 6.25. The zero-order valence-corrected chi connectivity index (χ0v) is 12.0. The third-order valence-electron chi connectivity index (χ3n) is 3.18. The molecule has 0 fully saturated rings. The largest absolute Gasteiger partial charge is 0.394 e. The van der Waals surface area contributed by atoms with E-state index in [1.165, 1.54) is 6.07 Å². The fraction of sp³-hybridized carbons (Fsp3) is 0.250. The molecule has 0 spiro atoms. The van der Waals surface area contributed by atoms with Crippen LogP contribution in [0.1, 0.15) is 12.5 Å². The summed E-state index contributed by atoms with van der Waals surface area (Å²) in [6.07, 6.45) is 0.388. The van der Waals surface area contributed by atoms with Gasteiger partial charge in [0.1, 0.15) is 5.82 Å². The van der Waals surface area contributed by atoms with E-state index >= 15 is 0 Å². The summed E-state index contributed by atoms with van der Waals surface area (Å²) in [6, 6.07) is 13.8.